The zero-order chi connectivity index (χ0) is 22.5. The van der Waals surface area contributed by atoms with Crippen LogP contribution in [0, 0.1) is 0 Å². The van der Waals surface area contributed by atoms with E-state index in [4.69, 9.17) is 18.9 Å². The predicted octanol–water partition coefficient (Wildman–Crippen LogP) is 2.32. The summed E-state index contributed by atoms with van der Waals surface area (Å²) < 4.78 is 20.4. The fourth-order valence-electron chi connectivity index (χ4n) is 2.38. The Balaban J connectivity index is 3.34. The molecule has 0 aromatic heterocycles. The molecule has 0 aromatic rings. The highest BCUT2D eigenvalue weighted by Crippen LogP contribution is 2.06. The number of rotatable bonds is 19. The van der Waals surface area contributed by atoms with Crippen molar-refractivity contribution in [2.75, 3.05) is 39.6 Å². The first-order valence-corrected chi connectivity index (χ1v) is 10.6. The summed E-state index contributed by atoms with van der Waals surface area (Å²) in [5.74, 6) is -0.938. The van der Waals surface area contributed by atoms with Crippen LogP contribution in [0.4, 0.5) is 0 Å². The number of carbonyl (C=O) groups is 2. The van der Waals surface area contributed by atoms with Gasteiger partial charge in [0.2, 0.25) is 0 Å². The lowest BCUT2D eigenvalue weighted by molar-refractivity contribution is -0.142. The van der Waals surface area contributed by atoms with Crippen molar-refractivity contribution in [1.82, 2.24) is 0 Å². The number of hydrogen-bond donors (Lipinski definition) is 2. The van der Waals surface area contributed by atoms with Crippen LogP contribution in [0.2, 0.25) is 0 Å². The molecule has 0 bridgehead atoms. The second-order valence-electron chi connectivity index (χ2n) is 6.84. The minimum absolute atomic E-state index is 0.0659. The Kier molecular flexibility index (Phi) is 19.3. The van der Waals surface area contributed by atoms with Crippen molar-refractivity contribution in [2.24, 2.45) is 0 Å². The zero-order valence-electron chi connectivity index (χ0n) is 18.3. The minimum Gasteiger partial charge on any atom is -0.460 e. The topological polar surface area (TPSA) is 112 Å². The lowest BCUT2D eigenvalue weighted by Crippen LogP contribution is -2.23. The second-order valence-corrected chi connectivity index (χ2v) is 6.84. The van der Waals surface area contributed by atoms with E-state index in [0.29, 0.717) is 13.2 Å². The third-order valence-corrected chi connectivity index (χ3v) is 3.89. The molecule has 0 rings (SSSR count). The maximum absolute atomic E-state index is 11.1. The summed E-state index contributed by atoms with van der Waals surface area (Å²) in [4.78, 5) is 22.2. The normalized spacial score (nSPS) is 13.6. The van der Waals surface area contributed by atoms with E-state index >= 15 is 0 Å². The van der Waals surface area contributed by atoms with Crippen molar-refractivity contribution < 1.29 is 38.7 Å². The van der Waals surface area contributed by atoms with Gasteiger partial charge >= 0.3 is 11.9 Å². The molecule has 8 heteroatoms. The van der Waals surface area contributed by atoms with Crippen LogP contribution in [0.1, 0.15) is 52.4 Å². The fraction of sp³-hybridized carbons (Fsp3) is 0.727. The third-order valence-electron chi connectivity index (χ3n) is 3.89. The van der Waals surface area contributed by atoms with Gasteiger partial charge in [-0.15, -0.1) is 0 Å². The van der Waals surface area contributed by atoms with Gasteiger partial charge in [-0.25, -0.2) is 9.59 Å². The Morgan fingerprint density at radius 2 is 1.03 bits per heavy atom. The number of carbonyl (C=O) groups excluding carboxylic acids is 2. The average Bonchev–Trinajstić information content (AvgIpc) is 2.72. The van der Waals surface area contributed by atoms with Crippen LogP contribution < -0.4 is 0 Å². The number of aliphatic hydroxyl groups excluding tert-OH is 2. The molecule has 0 aliphatic carbocycles. The fourth-order valence-corrected chi connectivity index (χ4v) is 2.38. The van der Waals surface area contributed by atoms with Crippen molar-refractivity contribution in [2.45, 2.75) is 64.6 Å². The molecule has 0 aliphatic rings. The van der Waals surface area contributed by atoms with E-state index in [9.17, 15) is 19.8 Å². The lowest BCUT2D eigenvalue weighted by atomic mass is 10.1. The van der Waals surface area contributed by atoms with Gasteiger partial charge in [0.25, 0.3) is 0 Å². The summed E-state index contributed by atoms with van der Waals surface area (Å²) in [5, 5.41) is 19.3. The van der Waals surface area contributed by atoms with E-state index in [2.05, 4.69) is 0 Å². The Hall–Kier alpha value is -1.74. The first-order valence-electron chi connectivity index (χ1n) is 10.6. The average molecular weight is 431 g/mol. The van der Waals surface area contributed by atoms with Crippen molar-refractivity contribution in [3.63, 3.8) is 0 Å². The molecule has 30 heavy (non-hydrogen) atoms. The Morgan fingerprint density at radius 3 is 1.40 bits per heavy atom. The number of esters is 2. The molecule has 0 saturated carbocycles. The van der Waals surface area contributed by atoms with Crippen LogP contribution in [0.5, 0.6) is 0 Å². The molecule has 0 spiro atoms. The summed E-state index contributed by atoms with van der Waals surface area (Å²) in [5.41, 5.74) is 0. The molecule has 8 nitrogen and oxygen atoms in total. The Bertz CT molecular complexity index is 446. The molecule has 0 fully saturated rings. The summed E-state index contributed by atoms with van der Waals surface area (Å²) >= 11 is 0. The van der Waals surface area contributed by atoms with Gasteiger partial charge in [-0.05, 0) is 26.7 Å². The van der Waals surface area contributed by atoms with Crippen LogP contribution in [0.25, 0.3) is 0 Å². The van der Waals surface area contributed by atoms with Gasteiger partial charge in [0.1, 0.15) is 25.4 Å². The molecule has 2 unspecified atom stereocenters. The first-order chi connectivity index (χ1) is 14.5. The summed E-state index contributed by atoms with van der Waals surface area (Å²) in [7, 11) is 0. The van der Waals surface area contributed by atoms with Gasteiger partial charge < -0.3 is 29.2 Å². The van der Waals surface area contributed by atoms with Crippen LogP contribution in [0.15, 0.2) is 24.3 Å². The smallest absolute Gasteiger partial charge is 0.330 e. The Morgan fingerprint density at radius 1 is 0.667 bits per heavy atom. The number of aliphatic hydroxyl groups is 2. The van der Waals surface area contributed by atoms with E-state index in [1.165, 1.54) is 12.2 Å². The molecule has 2 atom stereocenters. The zero-order valence-corrected chi connectivity index (χ0v) is 18.3. The molecule has 0 amide bonds. The molecular weight excluding hydrogens is 392 g/mol. The minimum atomic E-state index is -0.807. The number of ether oxygens (including phenoxy) is 4. The monoisotopic (exact) mass is 430 g/mol. The standard InChI is InChI=1S/C22H38O8/c1-3-11-21(25)29-17-19(23)15-27-13-9-7-5-6-8-10-14-28-16-20(24)18-30-22(26)12-4-2/h3-4,11-12,19-20,23-24H,5-10,13-18H2,1-2H3. The molecule has 0 saturated heterocycles. The molecule has 0 heterocycles. The summed E-state index contributed by atoms with van der Waals surface area (Å²) in [6.45, 7) is 4.75. The van der Waals surface area contributed by atoms with Gasteiger partial charge in [0.05, 0.1) is 13.2 Å². The molecule has 2 N–H and O–H groups in total. The van der Waals surface area contributed by atoms with Crippen LogP contribution in [-0.4, -0.2) is 74.0 Å². The third kappa shape index (κ3) is 19.6. The number of unbranched alkanes of at least 4 members (excludes halogenated alkanes) is 5. The molecule has 0 radical (unpaired) electrons. The highest BCUT2D eigenvalue weighted by atomic mass is 16.6. The van der Waals surface area contributed by atoms with Gasteiger partial charge in [0, 0.05) is 25.4 Å². The van der Waals surface area contributed by atoms with Crippen molar-refractivity contribution in [3.8, 4) is 0 Å². The van der Waals surface area contributed by atoms with Gasteiger partial charge in [-0.1, -0.05) is 37.8 Å². The largest absolute Gasteiger partial charge is 0.460 e. The van der Waals surface area contributed by atoms with E-state index in [1.54, 1.807) is 26.0 Å². The van der Waals surface area contributed by atoms with E-state index in [-0.39, 0.29) is 26.4 Å². The second kappa shape index (κ2) is 20.5. The molecule has 0 aromatic carbocycles. The summed E-state index contributed by atoms with van der Waals surface area (Å²) in [6, 6.07) is 0. The summed E-state index contributed by atoms with van der Waals surface area (Å²) in [6.07, 6.45) is 10.3. The SMILES string of the molecule is CC=CC(=O)OCC(O)COCCCCCCCCOCC(O)COC(=O)C=CC. The van der Waals surface area contributed by atoms with Crippen LogP contribution >= 0.6 is 0 Å². The molecule has 0 aliphatic heterocycles. The highest BCUT2D eigenvalue weighted by molar-refractivity contribution is 5.82. The van der Waals surface area contributed by atoms with Crippen molar-refractivity contribution in [1.29, 1.82) is 0 Å². The van der Waals surface area contributed by atoms with Gasteiger partial charge in [-0.2, -0.15) is 0 Å². The van der Waals surface area contributed by atoms with E-state index in [1.807, 2.05) is 0 Å². The van der Waals surface area contributed by atoms with Crippen LogP contribution in [-0.2, 0) is 28.5 Å². The van der Waals surface area contributed by atoms with Crippen molar-refractivity contribution >= 4 is 11.9 Å². The maximum atomic E-state index is 11.1. The maximum Gasteiger partial charge on any atom is 0.330 e. The first kappa shape index (κ1) is 28.3. The van der Waals surface area contributed by atoms with Crippen molar-refractivity contribution in [3.05, 3.63) is 24.3 Å². The van der Waals surface area contributed by atoms with Gasteiger partial charge in [-0.3, -0.25) is 0 Å². The highest BCUT2D eigenvalue weighted by Gasteiger charge is 2.08. The predicted molar refractivity (Wildman–Crippen MR) is 113 cm³/mol. The molecule has 174 valence electrons. The Labute approximate surface area is 179 Å². The van der Waals surface area contributed by atoms with E-state index in [0.717, 1.165) is 38.5 Å². The molecular formula is C22H38O8. The quantitative estimate of drug-likeness (QED) is 0.182. The number of hydrogen-bond acceptors (Lipinski definition) is 8. The van der Waals surface area contributed by atoms with Gasteiger partial charge in [0.15, 0.2) is 0 Å². The number of allylic oxidation sites excluding steroid dienone is 2. The lowest BCUT2D eigenvalue weighted by Gasteiger charge is -2.11. The van der Waals surface area contributed by atoms with E-state index < -0.39 is 24.1 Å². The van der Waals surface area contributed by atoms with Crippen LogP contribution in [0.3, 0.4) is 0 Å².